The molecule has 0 aliphatic carbocycles. The molecule has 0 spiro atoms. The topological polar surface area (TPSA) is 55.4 Å². The number of hydrogen-bond donors (Lipinski definition) is 1. The maximum atomic E-state index is 12.3. The van der Waals surface area contributed by atoms with Crippen molar-refractivity contribution in [1.82, 2.24) is 5.32 Å². The SMILES string of the molecule is CCOc1ccc(C(C)=O)cc1CSCC(=O)N[C@@H](C)c1ccccc1Cl. The fraction of sp³-hybridized carbons (Fsp3) is 0.333. The van der Waals surface area contributed by atoms with E-state index in [0.717, 1.165) is 16.9 Å². The van der Waals surface area contributed by atoms with Crippen molar-refractivity contribution >= 4 is 35.1 Å². The molecule has 27 heavy (non-hydrogen) atoms. The minimum absolute atomic E-state index is 0.00982. The predicted octanol–water partition coefficient (Wildman–Crippen LogP) is 5.05. The minimum atomic E-state index is -0.160. The summed E-state index contributed by atoms with van der Waals surface area (Å²) in [6.45, 7) is 5.91. The molecular formula is C21H24ClNO3S. The Morgan fingerprint density at radius 3 is 2.63 bits per heavy atom. The van der Waals surface area contributed by atoms with Crippen LogP contribution in [0, 0.1) is 0 Å². The predicted molar refractivity (Wildman–Crippen MR) is 112 cm³/mol. The van der Waals surface area contributed by atoms with Gasteiger partial charge >= 0.3 is 0 Å². The molecule has 4 nitrogen and oxygen atoms in total. The fourth-order valence-electron chi connectivity index (χ4n) is 2.65. The first-order valence-corrected chi connectivity index (χ1v) is 10.3. The van der Waals surface area contributed by atoms with Crippen molar-refractivity contribution in [3.05, 3.63) is 64.2 Å². The van der Waals surface area contributed by atoms with Gasteiger partial charge in [0.2, 0.25) is 5.91 Å². The first-order chi connectivity index (χ1) is 12.9. The number of hydrogen-bond acceptors (Lipinski definition) is 4. The van der Waals surface area contributed by atoms with E-state index in [1.807, 2.05) is 50.2 Å². The third-order valence-corrected chi connectivity index (χ3v) is 5.33. The maximum absolute atomic E-state index is 12.3. The van der Waals surface area contributed by atoms with Crippen molar-refractivity contribution in [2.24, 2.45) is 0 Å². The van der Waals surface area contributed by atoms with E-state index >= 15 is 0 Å². The Morgan fingerprint density at radius 2 is 1.96 bits per heavy atom. The quantitative estimate of drug-likeness (QED) is 0.593. The van der Waals surface area contributed by atoms with Gasteiger partial charge in [-0.2, -0.15) is 0 Å². The van der Waals surface area contributed by atoms with Crippen LogP contribution in [0.25, 0.3) is 0 Å². The lowest BCUT2D eigenvalue weighted by Gasteiger charge is -2.16. The Morgan fingerprint density at radius 1 is 1.22 bits per heavy atom. The van der Waals surface area contributed by atoms with E-state index in [0.29, 0.717) is 28.7 Å². The zero-order valence-electron chi connectivity index (χ0n) is 15.8. The molecule has 0 aromatic heterocycles. The van der Waals surface area contributed by atoms with Gasteiger partial charge < -0.3 is 10.1 Å². The number of Topliss-reactive ketones (excluding diaryl/α,β-unsaturated/α-hetero) is 1. The van der Waals surface area contributed by atoms with Gasteiger partial charge in [-0.3, -0.25) is 9.59 Å². The first-order valence-electron chi connectivity index (χ1n) is 8.80. The fourth-order valence-corrected chi connectivity index (χ4v) is 3.76. The van der Waals surface area contributed by atoms with Gasteiger partial charge in [-0.15, -0.1) is 11.8 Å². The molecule has 144 valence electrons. The monoisotopic (exact) mass is 405 g/mol. The van der Waals surface area contributed by atoms with Gasteiger partial charge in [0.05, 0.1) is 18.4 Å². The summed E-state index contributed by atoms with van der Waals surface area (Å²) >= 11 is 7.66. The molecule has 0 radical (unpaired) electrons. The second-order valence-electron chi connectivity index (χ2n) is 6.12. The van der Waals surface area contributed by atoms with Crippen LogP contribution in [-0.4, -0.2) is 24.1 Å². The molecule has 0 heterocycles. The van der Waals surface area contributed by atoms with Crippen LogP contribution in [0.1, 0.15) is 48.3 Å². The van der Waals surface area contributed by atoms with E-state index in [4.69, 9.17) is 16.3 Å². The molecule has 0 bridgehead atoms. The summed E-state index contributed by atoms with van der Waals surface area (Å²) in [4.78, 5) is 23.9. The lowest BCUT2D eigenvalue weighted by atomic mass is 10.1. The Bertz CT molecular complexity index is 810. The summed E-state index contributed by atoms with van der Waals surface area (Å²) in [5, 5.41) is 3.60. The molecule has 2 aromatic carbocycles. The molecule has 0 saturated carbocycles. The third-order valence-electron chi connectivity index (χ3n) is 4.01. The molecule has 2 aromatic rings. The summed E-state index contributed by atoms with van der Waals surface area (Å²) in [6, 6.07) is 12.7. The molecular weight excluding hydrogens is 382 g/mol. The summed E-state index contributed by atoms with van der Waals surface area (Å²) in [6.07, 6.45) is 0. The maximum Gasteiger partial charge on any atom is 0.230 e. The van der Waals surface area contributed by atoms with Crippen LogP contribution in [-0.2, 0) is 10.5 Å². The number of ether oxygens (including phenoxy) is 1. The van der Waals surface area contributed by atoms with E-state index in [2.05, 4.69) is 5.32 Å². The molecule has 1 amide bonds. The second-order valence-corrected chi connectivity index (χ2v) is 7.51. The highest BCUT2D eigenvalue weighted by Crippen LogP contribution is 2.26. The average Bonchev–Trinajstić information content (AvgIpc) is 2.63. The van der Waals surface area contributed by atoms with E-state index in [-0.39, 0.29) is 17.7 Å². The van der Waals surface area contributed by atoms with Crippen LogP contribution in [0.4, 0.5) is 0 Å². The Kier molecular flexibility index (Phi) is 8.20. The van der Waals surface area contributed by atoms with Crippen LogP contribution in [0.5, 0.6) is 5.75 Å². The van der Waals surface area contributed by atoms with Crippen LogP contribution in [0.3, 0.4) is 0 Å². The highest BCUT2D eigenvalue weighted by molar-refractivity contribution is 7.99. The van der Waals surface area contributed by atoms with Crippen molar-refractivity contribution in [3.63, 3.8) is 0 Å². The number of carbonyl (C=O) groups excluding carboxylic acids is 2. The number of benzene rings is 2. The molecule has 0 saturated heterocycles. The smallest absolute Gasteiger partial charge is 0.230 e. The van der Waals surface area contributed by atoms with Crippen molar-refractivity contribution in [3.8, 4) is 5.75 Å². The Balaban J connectivity index is 1.93. The number of halogens is 1. The van der Waals surface area contributed by atoms with Crippen molar-refractivity contribution in [2.75, 3.05) is 12.4 Å². The summed E-state index contributed by atoms with van der Waals surface area (Å²) in [7, 11) is 0. The van der Waals surface area contributed by atoms with Gasteiger partial charge in [0, 0.05) is 21.9 Å². The highest BCUT2D eigenvalue weighted by atomic mass is 35.5. The van der Waals surface area contributed by atoms with Gasteiger partial charge in [-0.1, -0.05) is 29.8 Å². The minimum Gasteiger partial charge on any atom is -0.494 e. The molecule has 1 N–H and O–H groups in total. The average molecular weight is 406 g/mol. The first kappa shape index (κ1) is 21.3. The molecule has 2 rings (SSSR count). The second kappa shape index (κ2) is 10.4. The zero-order valence-corrected chi connectivity index (χ0v) is 17.3. The number of thioether (sulfide) groups is 1. The molecule has 1 atom stereocenters. The largest absolute Gasteiger partial charge is 0.494 e. The highest BCUT2D eigenvalue weighted by Gasteiger charge is 2.13. The number of ketones is 1. The van der Waals surface area contributed by atoms with Gasteiger partial charge in [0.1, 0.15) is 5.75 Å². The standard InChI is InChI=1S/C21H24ClNO3S/c1-4-26-20-10-9-16(15(3)24)11-17(20)12-27-13-21(25)23-14(2)18-7-5-6-8-19(18)22/h5-11,14H,4,12-13H2,1-3H3,(H,23,25)/t14-/m0/s1. The lowest BCUT2D eigenvalue weighted by Crippen LogP contribution is -2.28. The zero-order chi connectivity index (χ0) is 19.8. The summed E-state index contributed by atoms with van der Waals surface area (Å²) < 4.78 is 5.62. The van der Waals surface area contributed by atoms with E-state index in [1.54, 1.807) is 6.07 Å². The van der Waals surface area contributed by atoms with Crippen molar-refractivity contribution in [2.45, 2.75) is 32.6 Å². The number of amides is 1. The van der Waals surface area contributed by atoms with Gasteiger partial charge in [0.15, 0.2) is 5.78 Å². The molecule has 0 aliphatic rings. The lowest BCUT2D eigenvalue weighted by molar-refractivity contribution is -0.119. The summed E-state index contributed by atoms with van der Waals surface area (Å²) in [5.74, 6) is 1.60. The normalized spacial score (nSPS) is 11.7. The van der Waals surface area contributed by atoms with Gasteiger partial charge in [0.25, 0.3) is 0 Å². The number of nitrogens with one attached hydrogen (secondary N) is 1. The van der Waals surface area contributed by atoms with Crippen LogP contribution < -0.4 is 10.1 Å². The van der Waals surface area contributed by atoms with E-state index < -0.39 is 0 Å². The number of carbonyl (C=O) groups is 2. The van der Waals surface area contributed by atoms with E-state index in [1.165, 1.54) is 18.7 Å². The van der Waals surface area contributed by atoms with Crippen molar-refractivity contribution in [1.29, 1.82) is 0 Å². The molecule has 6 heteroatoms. The van der Waals surface area contributed by atoms with Crippen LogP contribution >= 0.6 is 23.4 Å². The van der Waals surface area contributed by atoms with Crippen LogP contribution in [0.15, 0.2) is 42.5 Å². The Labute approximate surface area is 169 Å². The van der Waals surface area contributed by atoms with Crippen molar-refractivity contribution < 1.29 is 14.3 Å². The summed E-state index contributed by atoms with van der Waals surface area (Å²) in [5.41, 5.74) is 2.46. The molecule has 0 unspecified atom stereocenters. The van der Waals surface area contributed by atoms with Crippen LogP contribution in [0.2, 0.25) is 5.02 Å². The Hall–Kier alpha value is -1.98. The molecule has 0 aliphatic heterocycles. The van der Waals surface area contributed by atoms with E-state index in [9.17, 15) is 9.59 Å². The third kappa shape index (κ3) is 6.29. The van der Waals surface area contributed by atoms with Gasteiger partial charge in [-0.25, -0.2) is 0 Å². The molecule has 0 fully saturated rings. The van der Waals surface area contributed by atoms with Gasteiger partial charge in [-0.05, 0) is 50.6 Å². The number of rotatable bonds is 9.